The number of aliphatic hydroxyl groups is 11. The second-order valence-electron chi connectivity index (χ2n) is 8.37. The SMILES string of the molecule is OC[C@H]1O[C@H](O[C@@H]2[C@@H](OC[C@H]3O[C@@H](O)[C@H](O)[C@@H](O)[C@@H]3O)O[C@H](CO)[C@@H](O)[C@@H]2O)[C@@H](O)[C@@H](O)[C@@H]1O. The molecule has 3 aliphatic heterocycles. The molecule has 0 spiro atoms. The lowest BCUT2D eigenvalue weighted by Gasteiger charge is -2.46. The maximum Gasteiger partial charge on any atom is 0.187 e. The molecule has 0 aromatic carbocycles. The van der Waals surface area contributed by atoms with Crippen molar-refractivity contribution in [3.63, 3.8) is 0 Å². The summed E-state index contributed by atoms with van der Waals surface area (Å²) in [5, 5.41) is 109. The van der Waals surface area contributed by atoms with Crippen LogP contribution in [0.25, 0.3) is 0 Å². The average Bonchev–Trinajstić information content (AvgIpc) is 2.82. The Morgan fingerprint density at radius 2 is 1.00 bits per heavy atom. The first-order valence-electron chi connectivity index (χ1n) is 10.6. The molecule has 0 amide bonds. The van der Waals surface area contributed by atoms with E-state index in [2.05, 4.69) is 0 Å². The number of aliphatic hydroxyl groups excluding tert-OH is 11. The van der Waals surface area contributed by atoms with Crippen molar-refractivity contribution in [1.29, 1.82) is 0 Å². The minimum Gasteiger partial charge on any atom is -0.394 e. The van der Waals surface area contributed by atoms with Crippen molar-refractivity contribution in [2.45, 2.75) is 92.1 Å². The molecule has 0 radical (unpaired) electrons. The van der Waals surface area contributed by atoms with Gasteiger partial charge in [-0.05, 0) is 0 Å². The molecule has 34 heavy (non-hydrogen) atoms. The van der Waals surface area contributed by atoms with Crippen molar-refractivity contribution in [3.05, 3.63) is 0 Å². The number of ether oxygens (including phenoxy) is 5. The molecule has 3 fully saturated rings. The van der Waals surface area contributed by atoms with Gasteiger partial charge in [-0.15, -0.1) is 0 Å². The predicted octanol–water partition coefficient (Wildman–Crippen LogP) is -7.57. The molecule has 0 unspecified atom stereocenters. The van der Waals surface area contributed by atoms with Crippen molar-refractivity contribution in [2.24, 2.45) is 0 Å². The van der Waals surface area contributed by atoms with Crippen LogP contribution >= 0.6 is 0 Å². The Labute approximate surface area is 192 Å². The highest BCUT2D eigenvalue weighted by Crippen LogP contribution is 2.30. The smallest absolute Gasteiger partial charge is 0.187 e. The van der Waals surface area contributed by atoms with Crippen LogP contribution in [0.2, 0.25) is 0 Å². The molecule has 3 saturated heterocycles. The van der Waals surface area contributed by atoms with Crippen molar-refractivity contribution < 1.29 is 79.9 Å². The summed E-state index contributed by atoms with van der Waals surface area (Å²) in [4.78, 5) is 0. The molecule has 15 atom stereocenters. The Morgan fingerprint density at radius 1 is 0.500 bits per heavy atom. The van der Waals surface area contributed by atoms with E-state index >= 15 is 0 Å². The topological polar surface area (TPSA) is 269 Å². The third-order valence-corrected chi connectivity index (χ3v) is 6.08. The van der Waals surface area contributed by atoms with Gasteiger partial charge in [-0.3, -0.25) is 0 Å². The standard InChI is InChI=1S/C18H32O16/c19-1-4-7(21)11(25)14(28)17(32-4)34-15-12(26)8(22)5(2-20)33-18(15)30-3-6-9(23)10(24)13(27)16(29)31-6/h4-29H,1-3H2/t4-,5-,6-,7-,8-,9-,10+,11+,12+,13-,14+,15+,16-,17-,18+/m1/s1. The van der Waals surface area contributed by atoms with E-state index in [-0.39, 0.29) is 0 Å². The fourth-order valence-electron chi connectivity index (χ4n) is 3.93. The molecule has 16 heteroatoms. The third kappa shape index (κ3) is 5.52. The molecule has 0 bridgehead atoms. The number of hydrogen-bond acceptors (Lipinski definition) is 16. The van der Waals surface area contributed by atoms with E-state index in [9.17, 15) is 56.2 Å². The van der Waals surface area contributed by atoms with Crippen molar-refractivity contribution >= 4 is 0 Å². The highest BCUT2D eigenvalue weighted by molar-refractivity contribution is 4.94. The van der Waals surface area contributed by atoms with Crippen LogP contribution in [0.5, 0.6) is 0 Å². The minimum absolute atomic E-state index is 0.609. The number of rotatable bonds is 7. The molecule has 11 N–H and O–H groups in total. The Bertz CT molecular complexity index is 639. The van der Waals surface area contributed by atoms with E-state index in [0.717, 1.165) is 0 Å². The van der Waals surface area contributed by atoms with Crippen molar-refractivity contribution in [1.82, 2.24) is 0 Å². The average molecular weight is 504 g/mol. The second-order valence-corrected chi connectivity index (χ2v) is 8.37. The molecule has 200 valence electrons. The first-order chi connectivity index (χ1) is 16.0. The van der Waals surface area contributed by atoms with Gasteiger partial charge < -0.3 is 79.9 Å². The van der Waals surface area contributed by atoms with Gasteiger partial charge in [0.15, 0.2) is 18.9 Å². The monoisotopic (exact) mass is 504 g/mol. The number of hydrogen-bond donors (Lipinski definition) is 11. The Hall–Kier alpha value is -0.640. The predicted molar refractivity (Wildman–Crippen MR) is 101 cm³/mol. The lowest BCUT2D eigenvalue weighted by Crippen LogP contribution is -2.65. The van der Waals surface area contributed by atoms with Crippen LogP contribution in [-0.4, -0.2) is 168 Å². The van der Waals surface area contributed by atoms with Gasteiger partial charge in [-0.1, -0.05) is 0 Å². The summed E-state index contributed by atoms with van der Waals surface area (Å²) in [6.07, 6.45) is -25.0. The van der Waals surface area contributed by atoms with Gasteiger partial charge in [0.05, 0.1) is 19.8 Å². The van der Waals surface area contributed by atoms with E-state index in [1.54, 1.807) is 0 Å². The Balaban J connectivity index is 1.74. The molecule has 16 nitrogen and oxygen atoms in total. The lowest BCUT2D eigenvalue weighted by atomic mass is 9.97. The molecular weight excluding hydrogens is 472 g/mol. The molecule has 3 aliphatic rings. The summed E-state index contributed by atoms with van der Waals surface area (Å²) >= 11 is 0. The maximum absolute atomic E-state index is 10.5. The molecule has 0 aliphatic carbocycles. The van der Waals surface area contributed by atoms with E-state index in [0.29, 0.717) is 0 Å². The summed E-state index contributed by atoms with van der Waals surface area (Å²) in [5.41, 5.74) is 0. The third-order valence-electron chi connectivity index (χ3n) is 6.08. The zero-order valence-corrected chi connectivity index (χ0v) is 17.7. The maximum atomic E-state index is 10.5. The van der Waals surface area contributed by atoms with Crippen LogP contribution in [0.15, 0.2) is 0 Å². The largest absolute Gasteiger partial charge is 0.394 e. The molecule has 3 rings (SSSR count). The zero-order chi connectivity index (χ0) is 25.3. The Kier molecular flexibility index (Phi) is 9.54. The van der Waals surface area contributed by atoms with E-state index in [4.69, 9.17) is 23.7 Å². The summed E-state index contributed by atoms with van der Waals surface area (Å²) in [7, 11) is 0. The Morgan fingerprint density at radius 3 is 1.59 bits per heavy atom. The van der Waals surface area contributed by atoms with E-state index in [1.807, 2.05) is 0 Å². The summed E-state index contributed by atoms with van der Waals surface area (Å²) < 4.78 is 26.5. The summed E-state index contributed by atoms with van der Waals surface area (Å²) in [6, 6.07) is 0. The van der Waals surface area contributed by atoms with Gasteiger partial charge in [0.2, 0.25) is 0 Å². The van der Waals surface area contributed by atoms with Crippen LogP contribution < -0.4 is 0 Å². The van der Waals surface area contributed by atoms with Crippen LogP contribution in [0.3, 0.4) is 0 Å². The highest BCUT2D eigenvalue weighted by atomic mass is 16.8. The van der Waals surface area contributed by atoms with Crippen molar-refractivity contribution in [2.75, 3.05) is 19.8 Å². The quantitative estimate of drug-likeness (QED) is 0.154. The van der Waals surface area contributed by atoms with Crippen LogP contribution in [-0.2, 0) is 23.7 Å². The van der Waals surface area contributed by atoms with Gasteiger partial charge in [0, 0.05) is 0 Å². The fourth-order valence-corrected chi connectivity index (χ4v) is 3.93. The van der Waals surface area contributed by atoms with E-state index < -0.39 is 112 Å². The van der Waals surface area contributed by atoms with Gasteiger partial charge in [0.1, 0.15) is 73.2 Å². The fraction of sp³-hybridized carbons (Fsp3) is 1.00. The van der Waals surface area contributed by atoms with Crippen LogP contribution in [0, 0.1) is 0 Å². The highest BCUT2D eigenvalue weighted by Gasteiger charge is 2.51. The normalized spacial score (nSPS) is 52.5. The van der Waals surface area contributed by atoms with Gasteiger partial charge >= 0.3 is 0 Å². The minimum atomic E-state index is -1.85. The first kappa shape index (κ1) is 27.9. The molecular formula is C18H32O16. The molecule has 0 aromatic rings. The zero-order valence-electron chi connectivity index (χ0n) is 17.7. The summed E-state index contributed by atoms with van der Waals surface area (Å²) in [6.45, 7) is -2.11. The van der Waals surface area contributed by atoms with Gasteiger partial charge in [-0.2, -0.15) is 0 Å². The first-order valence-corrected chi connectivity index (χ1v) is 10.6. The lowest BCUT2D eigenvalue weighted by molar-refractivity contribution is -0.372. The molecule has 3 heterocycles. The van der Waals surface area contributed by atoms with Crippen LogP contribution in [0.1, 0.15) is 0 Å². The second kappa shape index (κ2) is 11.6. The van der Waals surface area contributed by atoms with Gasteiger partial charge in [0.25, 0.3) is 0 Å². The molecule has 0 aromatic heterocycles. The van der Waals surface area contributed by atoms with Crippen molar-refractivity contribution in [3.8, 4) is 0 Å². The van der Waals surface area contributed by atoms with Crippen LogP contribution in [0.4, 0.5) is 0 Å². The van der Waals surface area contributed by atoms with Gasteiger partial charge in [-0.25, -0.2) is 0 Å². The summed E-state index contributed by atoms with van der Waals surface area (Å²) in [5.74, 6) is 0. The molecule has 0 saturated carbocycles. The van der Waals surface area contributed by atoms with E-state index in [1.165, 1.54) is 0 Å².